The molecule has 1 aliphatic rings. The third-order valence-corrected chi connectivity index (χ3v) is 4.59. The molecule has 1 N–H and O–H groups in total. The van der Waals surface area contributed by atoms with Gasteiger partial charge >= 0.3 is 0 Å². The molecular weight excluding hydrogens is 270 g/mol. The highest BCUT2D eigenvalue weighted by molar-refractivity contribution is 7.71. The summed E-state index contributed by atoms with van der Waals surface area (Å²) in [5, 5.41) is 0. The second-order valence-electron chi connectivity index (χ2n) is 5.60. The van der Waals surface area contributed by atoms with Gasteiger partial charge < -0.3 is 14.3 Å². The zero-order valence-electron chi connectivity index (χ0n) is 11.9. The maximum atomic E-state index is 5.41. The molecule has 1 saturated carbocycles. The summed E-state index contributed by atoms with van der Waals surface area (Å²) in [7, 11) is 1.64. The van der Waals surface area contributed by atoms with E-state index in [4.69, 9.17) is 17.0 Å². The molecule has 0 radical (unpaired) electrons. The number of ether oxygens (including phenoxy) is 1. The van der Waals surface area contributed by atoms with E-state index in [1.165, 1.54) is 38.5 Å². The fourth-order valence-electron chi connectivity index (χ4n) is 3.17. The van der Waals surface area contributed by atoms with Crippen molar-refractivity contribution < 1.29 is 4.74 Å². The molecule has 3 rings (SSSR count). The largest absolute Gasteiger partial charge is 0.481 e. The van der Waals surface area contributed by atoms with E-state index in [0.29, 0.717) is 5.88 Å². The van der Waals surface area contributed by atoms with E-state index < -0.39 is 0 Å². The van der Waals surface area contributed by atoms with Crippen LogP contribution >= 0.6 is 12.2 Å². The highest BCUT2D eigenvalue weighted by atomic mass is 32.1. The molecule has 1 fully saturated rings. The van der Waals surface area contributed by atoms with Gasteiger partial charge in [-0.3, -0.25) is 0 Å². The van der Waals surface area contributed by atoms with Gasteiger partial charge in [-0.15, -0.1) is 0 Å². The van der Waals surface area contributed by atoms with Crippen molar-refractivity contribution in [2.24, 2.45) is 5.92 Å². The van der Waals surface area contributed by atoms with Crippen LogP contribution in [0.4, 0.5) is 0 Å². The summed E-state index contributed by atoms with van der Waals surface area (Å²) in [6.07, 6.45) is 8.12. The fraction of sp³-hybridized carbons (Fsp3) is 0.600. The Bertz CT molecular complexity index is 640. The highest BCUT2D eigenvalue weighted by Crippen LogP contribution is 2.29. The van der Waals surface area contributed by atoms with Gasteiger partial charge in [-0.25, -0.2) is 0 Å². The first-order valence-corrected chi connectivity index (χ1v) is 7.82. The molecule has 20 heavy (non-hydrogen) atoms. The summed E-state index contributed by atoms with van der Waals surface area (Å²) in [5.41, 5.74) is 1.89. The van der Waals surface area contributed by atoms with E-state index >= 15 is 0 Å². The first kappa shape index (κ1) is 13.6. The topological polar surface area (TPSA) is 42.8 Å². The molecule has 0 bridgehead atoms. The molecule has 0 aromatic carbocycles. The van der Waals surface area contributed by atoms with Crippen LogP contribution in [0.3, 0.4) is 0 Å². The fourth-order valence-corrected chi connectivity index (χ4v) is 3.46. The minimum atomic E-state index is 0.635. The number of imidazole rings is 1. The number of nitrogens with one attached hydrogen (secondary N) is 1. The standard InChI is InChI=1S/C15H21N3OS/c1-19-13-9-8-12-14(17-13)18(15(20)16-12)10-4-7-11-5-2-3-6-11/h8-9,11H,2-7,10H2,1H3,(H,16,20). The van der Waals surface area contributed by atoms with Crippen LogP contribution < -0.4 is 4.74 Å². The van der Waals surface area contributed by atoms with E-state index in [2.05, 4.69) is 14.5 Å². The Morgan fingerprint density at radius 3 is 2.95 bits per heavy atom. The number of pyridine rings is 1. The smallest absolute Gasteiger partial charge is 0.215 e. The van der Waals surface area contributed by atoms with Gasteiger partial charge in [-0.05, 0) is 37.0 Å². The quantitative estimate of drug-likeness (QED) is 0.844. The van der Waals surface area contributed by atoms with Gasteiger partial charge in [0, 0.05) is 12.6 Å². The molecule has 4 nitrogen and oxygen atoms in total. The SMILES string of the molecule is COc1ccc2[nH]c(=S)n(CCCC3CCCC3)c2n1. The van der Waals surface area contributed by atoms with Crippen molar-refractivity contribution in [3.63, 3.8) is 0 Å². The van der Waals surface area contributed by atoms with E-state index in [-0.39, 0.29) is 0 Å². The van der Waals surface area contributed by atoms with Crippen LogP contribution in [0.1, 0.15) is 38.5 Å². The number of fused-ring (bicyclic) bond motifs is 1. The molecule has 0 unspecified atom stereocenters. The van der Waals surface area contributed by atoms with Crippen LogP contribution in [-0.4, -0.2) is 21.6 Å². The average Bonchev–Trinajstić information content (AvgIpc) is 3.07. The van der Waals surface area contributed by atoms with Gasteiger partial charge in [0.2, 0.25) is 5.88 Å². The summed E-state index contributed by atoms with van der Waals surface area (Å²) >= 11 is 5.41. The van der Waals surface area contributed by atoms with Crippen molar-refractivity contribution in [1.29, 1.82) is 0 Å². The van der Waals surface area contributed by atoms with Gasteiger partial charge in [-0.2, -0.15) is 4.98 Å². The van der Waals surface area contributed by atoms with Gasteiger partial charge in [0.25, 0.3) is 0 Å². The minimum absolute atomic E-state index is 0.635. The number of rotatable bonds is 5. The third kappa shape index (κ3) is 2.73. The van der Waals surface area contributed by atoms with E-state index in [1.54, 1.807) is 7.11 Å². The zero-order valence-corrected chi connectivity index (χ0v) is 12.7. The molecule has 2 heterocycles. The zero-order chi connectivity index (χ0) is 13.9. The second-order valence-corrected chi connectivity index (χ2v) is 5.99. The van der Waals surface area contributed by atoms with Crippen LogP contribution in [0.25, 0.3) is 11.2 Å². The Morgan fingerprint density at radius 1 is 1.40 bits per heavy atom. The van der Waals surface area contributed by atoms with Gasteiger partial charge in [-0.1, -0.05) is 25.7 Å². The van der Waals surface area contributed by atoms with Gasteiger partial charge in [0.15, 0.2) is 10.4 Å². The lowest BCUT2D eigenvalue weighted by atomic mass is 10.0. The Balaban J connectivity index is 1.75. The number of nitrogens with zero attached hydrogens (tertiary/aromatic N) is 2. The molecule has 0 spiro atoms. The molecule has 1 aliphatic carbocycles. The molecule has 108 valence electrons. The number of methoxy groups -OCH3 is 1. The van der Waals surface area contributed by atoms with E-state index in [9.17, 15) is 0 Å². The predicted octanol–water partition coefficient (Wildman–Crippen LogP) is 4.07. The predicted molar refractivity (Wildman–Crippen MR) is 82.7 cm³/mol. The summed E-state index contributed by atoms with van der Waals surface area (Å²) in [5.74, 6) is 1.56. The van der Waals surface area contributed by atoms with Crippen LogP contribution in [0, 0.1) is 10.7 Å². The monoisotopic (exact) mass is 291 g/mol. The molecule has 0 saturated heterocycles. The second kappa shape index (κ2) is 5.95. The highest BCUT2D eigenvalue weighted by Gasteiger charge is 2.15. The molecule has 2 aromatic heterocycles. The molecule has 0 amide bonds. The van der Waals surface area contributed by atoms with Gasteiger partial charge in [0.1, 0.15) is 0 Å². The molecule has 0 aliphatic heterocycles. The Kier molecular flexibility index (Phi) is 4.05. The normalized spacial score (nSPS) is 16.1. The van der Waals surface area contributed by atoms with Crippen molar-refractivity contribution >= 4 is 23.4 Å². The Labute approximate surface area is 124 Å². The van der Waals surface area contributed by atoms with E-state index in [0.717, 1.165) is 28.4 Å². The number of H-pyrrole nitrogens is 1. The van der Waals surface area contributed by atoms with Crippen LogP contribution in [0.5, 0.6) is 5.88 Å². The summed E-state index contributed by atoms with van der Waals surface area (Å²) < 4.78 is 8.06. The van der Waals surface area contributed by atoms with Gasteiger partial charge in [0.05, 0.1) is 12.6 Å². The molecule has 2 aromatic rings. The molecule has 5 heteroatoms. The number of aromatic amines is 1. The summed E-state index contributed by atoms with van der Waals surface area (Å²) in [6.45, 7) is 0.940. The van der Waals surface area contributed by atoms with E-state index in [1.807, 2.05) is 12.1 Å². The van der Waals surface area contributed by atoms with Crippen molar-refractivity contribution in [2.45, 2.75) is 45.1 Å². The lowest BCUT2D eigenvalue weighted by Crippen LogP contribution is -2.02. The minimum Gasteiger partial charge on any atom is -0.481 e. The first-order valence-electron chi connectivity index (χ1n) is 7.41. The Morgan fingerprint density at radius 2 is 2.20 bits per heavy atom. The number of hydrogen-bond donors (Lipinski definition) is 1. The number of aryl methyl sites for hydroxylation is 1. The van der Waals surface area contributed by atoms with Crippen molar-refractivity contribution in [1.82, 2.24) is 14.5 Å². The van der Waals surface area contributed by atoms with Crippen LogP contribution in [-0.2, 0) is 6.54 Å². The van der Waals surface area contributed by atoms with Crippen molar-refractivity contribution in [3.8, 4) is 5.88 Å². The maximum absolute atomic E-state index is 5.41. The molecule has 0 atom stereocenters. The lowest BCUT2D eigenvalue weighted by molar-refractivity contribution is 0.398. The maximum Gasteiger partial charge on any atom is 0.215 e. The number of aromatic nitrogens is 3. The van der Waals surface area contributed by atoms with Crippen LogP contribution in [0.15, 0.2) is 12.1 Å². The van der Waals surface area contributed by atoms with Crippen molar-refractivity contribution in [3.05, 3.63) is 16.9 Å². The summed E-state index contributed by atoms with van der Waals surface area (Å²) in [6, 6.07) is 3.83. The molecular formula is C15H21N3OS. The first-order chi connectivity index (χ1) is 9.78. The summed E-state index contributed by atoms with van der Waals surface area (Å²) in [4.78, 5) is 7.72. The third-order valence-electron chi connectivity index (χ3n) is 4.27. The number of hydrogen-bond acceptors (Lipinski definition) is 3. The lowest BCUT2D eigenvalue weighted by Gasteiger charge is -2.09. The van der Waals surface area contributed by atoms with Crippen molar-refractivity contribution in [2.75, 3.05) is 7.11 Å². The average molecular weight is 291 g/mol. The Hall–Kier alpha value is -1.36. The van der Waals surface area contributed by atoms with Crippen LogP contribution in [0.2, 0.25) is 0 Å².